The van der Waals surface area contributed by atoms with Crippen LogP contribution in [0.2, 0.25) is 0 Å². The fraction of sp³-hybridized carbons (Fsp3) is 0.545. The van der Waals surface area contributed by atoms with Crippen molar-refractivity contribution in [3.05, 3.63) is 27.9 Å². The first-order chi connectivity index (χ1) is 8.49. The first-order valence-electron chi connectivity index (χ1n) is 5.76. The van der Waals surface area contributed by atoms with Gasteiger partial charge in [-0.1, -0.05) is 6.92 Å². The number of likely N-dealkylation sites (tertiary alicyclic amines) is 1. The third kappa shape index (κ3) is 2.48. The van der Waals surface area contributed by atoms with Gasteiger partial charge in [-0.15, -0.1) is 11.6 Å². The number of rotatable bonds is 2. The number of halogens is 1. The maximum atomic E-state index is 12.1. The molecule has 1 aromatic heterocycles. The Morgan fingerprint density at radius 3 is 2.89 bits per heavy atom. The third-order valence-electron chi connectivity index (χ3n) is 3.19. The van der Waals surface area contributed by atoms with Crippen molar-refractivity contribution < 1.29 is 9.72 Å². The van der Waals surface area contributed by atoms with Crippen LogP contribution in [0.1, 0.15) is 23.8 Å². The predicted octanol–water partition coefficient (Wildman–Crippen LogP) is 2.01. The molecular weight excluding hydrogens is 258 g/mol. The van der Waals surface area contributed by atoms with Gasteiger partial charge >= 0.3 is 5.82 Å². The number of H-pyrrole nitrogens is 1. The van der Waals surface area contributed by atoms with Crippen LogP contribution in [0.5, 0.6) is 0 Å². The summed E-state index contributed by atoms with van der Waals surface area (Å²) in [4.78, 5) is 26.3. The minimum atomic E-state index is -0.551. The Hall–Kier alpha value is -1.56. The highest BCUT2D eigenvalue weighted by molar-refractivity contribution is 6.20. The van der Waals surface area contributed by atoms with Crippen molar-refractivity contribution in [2.45, 2.75) is 18.7 Å². The Bertz CT molecular complexity index is 474. The van der Waals surface area contributed by atoms with E-state index in [0.717, 1.165) is 6.42 Å². The van der Waals surface area contributed by atoms with Gasteiger partial charge in [0.2, 0.25) is 0 Å². The second-order valence-corrected chi connectivity index (χ2v) is 5.11. The maximum absolute atomic E-state index is 12.1. The van der Waals surface area contributed by atoms with Crippen LogP contribution < -0.4 is 0 Å². The van der Waals surface area contributed by atoms with Gasteiger partial charge in [0.05, 0.1) is 0 Å². The van der Waals surface area contributed by atoms with Crippen LogP contribution in [0, 0.1) is 16.0 Å². The van der Waals surface area contributed by atoms with E-state index in [9.17, 15) is 14.9 Å². The quantitative estimate of drug-likeness (QED) is 0.508. The summed E-state index contributed by atoms with van der Waals surface area (Å²) in [5.41, 5.74) is 0.252. The summed E-state index contributed by atoms with van der Waals surface area (Å²) >= 11 is 6.09. The first-order valence-corrected chi connectivity index (χ1v) is 6.19. The summed E-state index contributed by atoms with van der Waals surface area (Å²) in [6.45, 7) is 3.16. The zero-order valence-corrected chi connectivity index (χ0v) is 10.7. The number of nitrogens with one attached hydrogen (secondary N) is 1. The number of amides is 1. The van der Waals surface area contributed by atoms with E-state index in [-0.39, 0.29) is 28.7 Å². The topological polar surface area (TPSA) is 79.2 Å². The van der Waals surface area contributed by atoms with Crippen LogP contribution in [-0.4, -0.2) is 39.2 Å². The second-order valence-electron chi connectivity index (χ2n) is 4.55. The maximum Gasteiger partial charge on any atom is 0.321 e. The lowest BCUT2D eigenvalue weighted by molar-refractivity contribution is -0.389. The molecule has 6 nitrogen and oxygen atoms in total. The molecule has 2 rings (SSSR count). The lowest BCUT2D eigenvalue weighted by atomic mass is 9.99. The molecule has 98 valence electrons. The normalized spacial score (nSPS) is 24.0. The standard InChI is InChI=1S/C11H14ClN3O3/c1-7-6-14(5-4-8(7)12)11(16)9-2-3-10(13-9)15(17)18/h2-3,7-8,13H,4-6H2,1H3. The highest BCUT2D eigenvalue weighted by Crippen LogP contribution is 2.23. The number of carbonyl (C=O) groups excluding carboxylic acids is 1. The summed E-state index contributed by atoms with van der Waals surface area (Å²) in [6, 6.07) is 2.74. The molecule has 0 aliphatic carbocycles. The number of carbonyl (C=O) groups is 1. The lowest BCUT2D eigenvalue weighted by Crippen LogP contribution is -2.43. The number of nitrogens with zero attached hydrogens (tertiary/aromatic N) is 2. The summed E-state index contributed by atoms with van der Waals surface area (Å²) in [7, 11) is 0. The molecule has 0 aromatic carbocycles. The minimum absolute atomic E-state index is 0.0898. The van der Waals surface area contributed by atoms with E-state index >= 15 is 0 Å². The number of hydrogen-bond acceptors (Lipinski definition) is 3. The van der Waals surface area contributed by atoms with Gasteiger partial charge in [0.15, 0.2) is 5.69 Å². The van der Waals surface area contributed by atoms with Gasteiger partial charge in [-0.2, -0.15) is 0 Å². The summed E-state index contributed by atoms with van der Waals surface area (Å²) in [6.07, 6.45) is 0.747. The smallest absolute Gasteiger partial charge is 0.321 e. The number of aromatic nitrogens is 1. The van der Waals surface area contributed by atoms with Gasteiger partial charge < -0.3 is 15.0 Å². The molecule has 0 radical (unpaired) electrons. The molecule has 1 aliphatic heterocycles. The Labute approximate surface area is 109 Å². The third-order valence-corrected chi connectivity index (χ3v) is 3.83. The first kappa shape index (κ1) is 12.9. The highest BCUT2D eigenvalue weighted by atomic mass is 35.5. The van der Waals surface area contributed by atoms with Crippen molar-refractivity contribution in [1.29, 1.82) is 0 Å². The van der Waals surface area contributed by atoms with Crippen molar-refractivity contribution in [3.8, 4) is 0 Å². The average Bonchev–Trinajstić information content (AvgIpc) is 2.81. The van der Waals surface area contributed by atoms with E-state index < -0.39 is 4.92 Å². The van der Waals surface area contributed by atoms with Gasteiger partial charge in [0.25, 0.3) is 5.91 Å². The molecule has 1 saturated heterocycles. The summed E-state index contributed by atoms with van der Waals surface area (Å²) in [5.74, 6) is -0.147. The predicted molar refractivity (Wildman–Crippen MR) is 66.8 cm³/mol. The molecule has 0 bridgehead atoms. The number of aromatic amines is 1. The molecular formula is C11H14ClN3O3. The molecule has 1 amide bonds. The molecule has 1 N–H and O–H groups in total. The second kappa shape index (κ2) is 4.97. The Balaban J connectivity index is 2.09. The molecule has 0 spiro atoms. The molecule has 1 aliphatic rings. The number of hydrogen-bond donors (Lipinski definition) is 1. The van der Waals surface area contributed by atoms with Gasteiger partial charge in [-0.25, -0.2) is 4.98 Å². The SMILES string of the molecule is CC1CN(C(=O)c2ccc([N+](=O)[O-])[nH]2)CCC1Cl. The number of nitro groups is 1. The summed E-state index contributed by atoms with van der Waals surface area (Å²) in [5, 5.41) is 10.6. The van der Waals surface area contributed by atoms with E-state index in [4.69, 9.17) is 11.6 Å². The molecule has 1 aromatic rings. The largest absolute Gasteiger partial charge is 0.358 e. The van der Waals surface area contributed by atoms with Crippen molar-refractivity contribution in [2.75, 3.05) is 13.1 Å². The van der Waals surface area contributed by atoms with Gasteiger partial charge in [-0.05, 0) is 23.3 Å². The van der Waals surface area contributed by atoms with Crippen molar-refractivity contribution in [1.82, 2.24) is 9.88 Å². The average molecular weight is 272 g/mol. The minimum Gasteiger partial charge on any atom is -0.358 e. The van der Waals surface area contributed by atoms with Crippen LogP contribution in [-0.2, 0) is 0 Å². The molecule has 2 heterocycles. The fourth-order valence-electron chi connectivity index (χ4n) is 2.09. The van der Waals surface area contributed by atoms with Gasteiger partial charge in [0, 0.05) is 24.5 Å². The van der Waals surface area contributed by atoms with Crippen molar-refractivity contribution in [3.63, 3.8) is 0 Å². The zero-order valence-electron chi connectivity index (χ0n) is 9.93. The van der Waals surface area contributed by atoms with E-state index in [0.29, 0.717) is 13.1 Å². The Morgan fingerprint density at radius 1 is 1.61 bits per heavy atom. The van der Waals surface area contributed by atoms with E-state index in [1.807, 2.05) is 6.92 Å². The van der Waals surface area contributed by atoms with E-state index in [1.54, 1.807) is 4.90 Å². The molecule has 2 atom stereocenters. The lowest BCUT2D eigenvalue weighted by Gasteiger charge is -2.33. The molecule has 2 unspecified atom stereocenters. The molecule has 18 heavy (non-hydrogen) atoms. The van der Waals surface area contributed by atoms with Crippen LogP contribution in [0.25, 0.3) is 0 Å². The monoisotopic (exact) mass is 271 g/mol. The Kier molecular flexibility index (Phi) is 3.56. The van der Waals surface area contributed by atoms with Crippen LogP contribution in [0.15, 0.2) is 12.1 Å². The number of piperidine rings is 1. The molecule has 0 saturated carbocycles. The van der Waals surface area contributed by atoms with E-state index in [2.05, 4.69) is 4.98 Å². The van der Waals surface area contributed by atoms with E-state index in [1.165, 1.54) is 12.1 Å². The number of alkyl halides is 1. The zero-order chi connectivity index (χ0) is 13.3. The molecule has 1 fully saturated rings. The Morgan fingerprint density at radius 2 is 2.33 bits per heavy atom. The summed E-state index contributed by atoms with van der Waals surface area (Å²) < 4.78 is 0. The highest BCUT2D eigenvalue weighted by Gasteiger charge is 2.29. The van der Waals surface area contributed by atoms with Crippen LogP contribution >= 0.6 is 11.6 Å². The van der Waals surface area contributed by atoms with Crippen LogP contribution in [0.3, 0.4) is 0 Å². The fourth-order valence-corrected chi connectivity index (χ4v) is 2.26. The van der Waals surface area contributed by atoms with Gasteiger partial charge in [0.1, 0.15) is 0 Å². The van der Waals surface area contributed by atoms with Crippen molar-refractivity contribution >= 4 is 23.3 Å². The van der Waals surface area contributed by atoms with Crippen molar-refractivity contribution in [2.24, 2.45) is 5.92 Å². The molecule has 7 heteroatoms. The van der Waals surface area contributed by atoms with Gasteiger partial charge in [-0.3, -0.25) is 4.79 Å². The van der Waals surface area contributed by atoms with Crippen LogP contribution in [0.4, 0.5) is 5.82 Å².